The van der Waals surface area contributed by atoms with Crippen molar-refractivity contribution in [3.63, 3.8) is 0 Å². The van der Waals surface area contributed by atoms with Gasteiger partial charge in [0, 0.05) is 38.2 Å². The minimum atomic E-state index is -0.229. The van der Waals surface area contributed by atoms with Crippen LogP contribution in [-0.4, -0.2) is 59.6 Å². The Kier molecular flexibility index (Phi) is 9.98. The highest BCUT2D eigenvalue weighted by molar-refractivity contribution is 5.96. The highest BCUT2D eigenvalue weighted by Gasteiger charge is 2.24. The van der Waals surface area contributed by atoms with E-state index < -0.39 is 0 Å². The van der Waals surface area contributed by atoms with Gasteiger partial charge in [0.1, 0.15) is 18.1 Å². The summed E-state index contributed by atoms with van der Waals surface area (Å²) in [6, 6.07) is 14.6. The summed E-state index contributed by atoms with van der Waals surface area (Å²) in [7, 11) is 3.51. The van der Waals surface area contributed by atoms with E-state index in [0.717, 1.165) is 24.3 Å². The smallest absolute Gasteiger partial charge is 0.254 e. The Bertz CT molecular complexity index is 1040. The molecule has 0 saturated carbocycles. The topological polar surface area (TPSA) is 77.2 Å². The molecule has 3 aromatic rings. The fourth-order valence-electron chi connectivity index (χ4n) is 3.61. The van der Waals surface area contributed by atoms with Crippen molar-refractivity contribution in [2.24, 2.45) is 7.05 Å². The van der Waals surface area contributed by atoms with Crippen LogP contribution in [0.2, 0.25) is 0 Å². The van der Waals surface area contributed by atoms with Gasteiger partial charge in [-0.15, -0.1) is 0 Å². The number of aromatic nitrogens is 1. The van der Waals surface area contributed by atoms with Crippen molar-refractivity contribution < 1.29 is 23.5 Å². The number of aryl methyl sites for hydroxylation is 1. The first-order valence-electron chi connectivity index (χ1n) is 11.9. The number of rotatable bonds is 14. The van der Waals surface area contributed by atoms with E-state index in [-0.39, 0.29) is 18.4 Å². The van der Waals surface area contributed by atoms with Crippen LogP contribution in [0.25, 0.3) is 0 Å². The fourth-order valence-corrected chi connectivity index (χ4v) is 3.61. The molecule has 0 N–H and O–H groups in total. The Morgan fingerprint density at radius 2 is 1.80 bits per heavy atom. The standard InChI is InChI=1S/C27H35N3O5/c1-4-5-16-34-24-12-10-22(11-13-24)27(32)29(15-18-33-3)21-26(31)30(20-25-9-7-17-35-25)19-23-8-6-14-28(23)2/h6-14,17H,4-5,15-16,18-21H2,1-3H3. The number of hydrogen-bond donors (Lipinski definition) is 0. The molecule has 2 heterocycles. The maximum atomic E-state index is 13.4. The van der Waals surface area contributed by atoms with E-state index in [1.165, 1.54) is 4.90 Å². The van der Waals surface area contributed by atoms with Crippen LogP contribution in [0.1, 0.15) is 41.6 Å². The molecule has 2 aromatic heterocycles. The summed E-state index contributed by atoms with van der Waals surface area (Å²) in [6.45, 7) is 4.03. The first-order chi connectivity index (χ1) is 17.0. The second-order valence-electron chi connectivity index (χ2n) is 8.39. The zero-order chi connectivity index (χ0) is 25.0. The van der Waals surface area contributed by atoms with Crippen molar-refractivity contribution in [3.8, 4) is 5.75 Å². The number of carbonyl (C=O) groups is 2. The zero-order valence-electron chi connectivity index (χ0n) is 20.8. The molecule has 0 atom stereocenters. The summed E-state index contributed by atoms with van der Waals surface area (Å²) in [5.74, 6) is 1.00. The number of amides is 2. The van der Waals surface area contributed by atoms with Crippen LogP contribution in [0.4, 0.5) is 0 Å². The van der Waals surface area contributed by atoms with Gasteiger partial charge in [-0.3, -0.25) is 9.59 Å². The Balaban J connectivity index is 1.73. The van der Waals surface area contributed by atoms with Crippen LogP contribution in [-0.2, 0) is 29.7 Å². The van der Waals surface area contributed by atoms with E-state index in [0.29, 0.717) is 44.2 Å². The molecule has 0 fully saturated rings. The minimum Gasteiger partial charge on any atom is -0.494 e. The molecule has 3 rings (SSSR count). The number of nitrogens with zero attached hydrogens (tertiary/aromatic N) is 3. The third-order valence-corrected chi connectivity index (χ3v) is 5.73. The van der Waals surface area contributed by atoms with Gasteiger partial charge in [-0.25, -0.2) is 0 Å². The molecule has 0 saturated heterocycles. The van der Waals surface area contributed by atoms with Crippen molar-refractivity contribution in [1.29, 1.82) is 0 Å². The first-order valence-corrected chi connectivity index (χ1v) is 11.9. The van der Waals surface area contributed by atoms with E-state index in [1.807, 2.05) is 36.0 Å². The number of benzene rings is 1. The fraction of sp³-hybridized carbons (Fsp3) is 0.407. The van der Waals surface area contributed by atoms with Crippen LogP contribution in [0.15, 0.2) is 65.4 Å². The average Bonchev–Trinajstić information content (AvgIpc) is 3.53. The summed E-state index contributed by atoms with van der Waals surface area (Å²) in [4.78, 5) is 30.0. The third-order valence-electron chi connectivity index (χ3n) is 5.73. The maximum Gasteiger partial charge on any atom is 0.254 e. The molecule has 0 aliphatic carbocycles. The third kappa shape index (κ3) is 7.75. The number of ether oxygens (including phenoxy) is 2. The summed E-state index contributed by atoms with van der Waals surface area (Å²) in [5, 5.41) is 0. The van der Waals surface area contributed by atoms with Crippen LogP contribution in [0.3, 0.4) is 0 Å². The molecule has 8 nitrogen and oxygen atoms in total. The van der Waals surface area contributed by atoms with Crippen molar-refractivity contribution in [3.05, 3.63) is 78.0 Å². The molecule has 1 aromatic carbocycles. The lowest BCUT2D eigenvalue weighted by Gasteiger charge is -2.27. The van der Waals surface area contributed by atoms with Crippen molar-refractivity contribution >= 4 is 11.8 Å². The molecular formula is C27H35N3O5. The number of hydrogen-bond acceptors (Lipinski definition) is 5. The highest BCUT2D eigenvalue weighted by Crippen LogP contribution is 2.16. The van der Waals surface area contributed by atoms with E-state index in [4.69, 9.17) is 13.9 Å². The molecule has 188 valence electrons. The zero-order valence-corrected chi connectivity index (χ0v) is 20.8. The summed E-state index contributed by atoms with van der Waals surface area (Å²) in [6.07, 6.45) is 5.56. The van der Waals surface area contributed by atoms with E-state index >= 15 is 0 Å². The Hall–Kier alpha value is -3.52. The van der Waals surface area contributed by atoms with Crippen LogP contribution >= 0.6 is 0 Å². The van der Waals surface area contributed by atoms with E-state index in [2.05, 4.69) is 6.92 Å². The summed E-state index contributed by atoms with van der Waals surface area (Å²) < 4.78 is 18.4. The average molecular weight is 482 g/mol. The molecule has 0 spiro atoms. The summed E-state index contributed by atoms with van der Waals surface area (Å²) in [5.41, 5.74) is 1.48. The van der Waals surface area contributed by atoms with Gasteiger partial charge < -0.3 is 28.3 Å². The van der Waals surface area contributed by atoms with Crippen molar-refractivity contribution in [2.45, 2.75) is 32.9 Å². The number of furan rings is 1. The molecule has 2 amide bonds. The molecule has 35 heavy (non-hydrogen) atoms. The van der Waals surface area contributed by atoms with E-state index in [1.54, 1.807) is 48.6 Å². The number of unbranched alkanes of at least 4 members (excludes halogenated alkanes) is 1. The number of carbonyl (C=O) groups excluding carboxylic acids is 2. The predicted octanol–water partition coefficient (Wildman–Crippen LogP) is 4.11. The van der Waals surface area contributed by atoms with E-state index in [9.17, 15) is 9.59 Å². The second-order valence-corrected chi connectivity index (χ2v) is 8.39. The van der Waals surface area contributed by atoms with Gasteiger partial charge in [-0.2, -0.15) is 0 Å². The lowest BCUT2D eigenvalue weighted by Crippen LogP contribution is -2.43. The Morgan fingerprint density at radius 3 is 2.43 bits per heavy atom. The predicted molar refractivity (Wildman–Crippen MR) is 133 cm³/mol. The first kappa shape index (κ1) is 26.1. The normalized spacial score (nSPS) is 10.8. The monoisotopic (exact) mass is 481 g/mol. The van der Waals surface area contributed by atoms with Gasteiger partial charge in [-0.1, -0.05) is 13.3 Å². The van der Waals surface area contributed by atoms with Gasteiger partial charge in [0.25, 0.3) is 5.91 Å². The van der Waals surface area contributed by atoms with Crippen molar-refractivity contribution in [2.75, 3.05) is 33.4 Å². The maximum absolute atomic E-state index is 13.4. The molecule has 0 aliphatic rings. The molecule has 0 unspecified atom stereocenters. The Labute approximate surface area is 207 Å². The number of methoxy groups -OCH3 is 1. The Morgan fingerprint density at radius 1 is 1.00 bits per heavy atom. The molecule has 0 bridgehead atoms. The lowest BCUT2D eigenvalue weighted by molar-refractivity contribution is -0.133. The minimum absolute atomic E-state index is 0.0674. The van der Waals surface area contributed by atoms with Gasteiger partial charge in [0.15, 0.2) is 0 Å². The van der Waals surface area contributed by atoms with Gasteiger partial charge in [0.2, 0.25) is 5.91 Å². The SMILES string of the molecule is CCCCOc1ccc(C(=O)N(CCOC)CC(=O)N(Cc2ccco2)Cc2cccn2C)cc1. The molecule has 0 radical (unpaired) electrons. The molecule has 8 heteroatoms. The summed E-state index contributed by atoms with van der Waals surface area (Å²) >= 11 is 0. The van der Waals surface area contributed by atoms with Gasteiger partial charge in [-0.05, 0) is 55.0 Å². The highest BCUT2D eigenvalue weighted by atomic mass is 16.5. The van der Waals surface area contributed by atoms with Crippen LogP contribution < -0.4 is 4.74 Å². The van der Waals surface area contributed by atoms with Crippen molar-refractivity contribution in [1.82, 2.24) is 14.4 Å². The van der Waals surface area contributed by atoms with Gasteiger partial charge in [0.05, 0.1) is 32.6 Å². The largest absolute Gasteiger partial charge is 0.494 e. The van der Waals surface area contributed by atoms with Crippen LogP contribution in [0.5, 0.6) is 5.75 Å². The van der Waals surface area contributed by atoms with Crippen LogP contribution in [0, 0.1) is 0 Å². The second kappa shape index (κ2) is 13.4. The van der Waals surface area contributed by atoms with Gasteiger partial charge >= 0.3 is 0 Å². The quantitative estimate of drug-likeness (QED) is 0.324. The lowest BCUT2D eigenvalue weighted by atomic mass is 10.2. The molecular weight excluding hydrogens is 446 g/mol. The molecule has 0 aliphatic heterocycles.